The fourth-order valence-corrected chi connectivity index (χ4v) is 3.93. The molecule has 114 valence electrons. The maximum absolute atomic E-state index is 12.4. The van der Waals surface area contributed by atoms with Gasteiger partial charge in [0.05, 0.1) is 17.7 Å². The summed E-state index contributed by atoms with van der Waals surface area (Å²) in [6, 6.07) is 2.08. The van der Waals surface area contributed by atoms with Gasteiger partial charge >= 0.3 is 0 Å². The molecule has 0 aliphatic carbocycles. The van der Waals surface area contributed by atoms with Gasteiger partial charge < -0.3 is 10.1 Å². The molecule has 1 atom stereocenters. The molecule has 0 aliphatic heterocycles. The molecule has 0 spiro atoms. The Labute approximate surface area is 132 Å². The zero-order valence-electron chi connectivity index (χ0n) is 11.0. The van der Waals surface area contributed by atoms with Gasteiger partial charge in [0.2, 0.25) is 10.0 Å². The van der Waals surface area contributed by atoms with E-state index in [0.29, 0.717) is 5.82 Å². The zero-order chi connectivity index (χ0) is 15.6. The molecule has 1 aromatic carbocycles. The van der Waals surface area contributed by atoms with Crippen molar-refractivity contribution in [2.24, 2.45) is 0 Å². The molecule has 9 heteroatoms. The molecule has 0 aliphatic rings. The highest BCUT2D eigenvalue weighted by Crippen LogP contribution is 2.30. The fourth-order valence-electron chi connectivity index (χ4n) is 1.80. The lowest BCUT2D eigenvalue weighted by atomic mass is 10.2. The van der Waals surface area contributed by atoms with Crippen LogP contribution >= 0.6 is 23.2 Å². The molecule has 0 saturated carbocycles. The third-order valence-corrected chi connectivity index (χ3v) is 5.14. The second kappa shape index (κ2) is 6.33. The molecule has 3 N–H and O–H groups in total. The van der Waals surface area contributed by atoms with Crippen molar-refractivity contribution in [1.29, 1.82) is 0 Å². The van der Waals surface area contributed by atoms with Crippen molar-refractivity contribution < 1.29 is 13.5 Å². The lowest BCUT2D eigenvalue weighted by Gasteiger charge is -2.14. The fraction of sp³-hybridized carbons (Fsp3) is 0.250. The van der Waals surface area contributed by atoms with E-state index in [-0.39, 0.29) is 20.5 Å². The summed E-state index contributed by atoms with van der Waals surface area (Å²) in [6.07, 6.45) is 3.12. The van der Waals surface area contributed by atoms with Gasteiger partial charge in [0.25, 0.3) is 0 Å². The highest BCUT2D eigenvalue weighted by atomic mass is 35.5. The Kier molecular flexibility index (Phi) is 4.90. The number of benzene rings is 1. The normalized spacial score (nSPS) is 13.3. The summed E-state index contributed by atoms with van der Waals surface area (Å²) < 4.78 is 27.3. The van der Waals surface area contributed by atoms with Crippen LogP contribution in [0.15, 0.2) is 29.4 Å². The number of halogens is 2. The van der Waals surface area contributed by atoms with Crippen LogP contribution in [-0.4, -0.2) is 23.5 Å². The molecule has 0 saturated heterocycles. The second-order valence-corrected chi connectivity index (χ2v) is 6.85. The summed E-state index contributed by atoms with van der Waals surface area (Å²) in [6.45, 7) is 1.23. The molecule has 21 heavy (non-hydrogen) atoms. The number of aromatic amines is 1. The van der Waals surface area contributed by atoms with Crippen molar-refractivity contribution in [2.75, 3.05) is 0 Å². The standard InChI is InChI=1S/C12H13Cl2N3O3S/c1-7(12-15-2-3-16-12)17-21(19,20)10-5-9(13)4-8(6-18)11(10)14/h2-5,7,17-18H,6H2,1H3,(H,15,16). The number of imidazole rings is 1. The van der Waals surface area contributed by atoms with Gasteiger partial charge in [-0.05, 0) is 24.6 Å². The Morgan fingerprint density at radius 3 is 2.71 bits per heavy atom. The predicted octanol–water partition coefficient (Wildman–Crippen LogP) is 2.25. The van der Waals surface area contributed by atoms with Gasteiger partial charge in [0.1, 0.15) is 10.7 Å². The molecule has 0 bridgehead atoms. The number of rotatable bonds is 5. The maximum atomic E-state index is 12.4. The molecule has 0 amide bonds. The Hall–Kier alpha value is -1.12. The Bertz CT molecular complexity index is 732. The van der Waals surface area contributed by atoms with Gasteiger partial charge in [-0.25, -0.2) is 18.1 Å². The number of sulfonamides is 1. The van der Waals surface area contributed by atoms with Crippen LogP contribution in [0.3, 0.4) is 0 Å². The van der Waals surface area contributed by atoms with Gasteiger partial charge in [0.15, 0.2) is 0 Å². The Balaban J connectivity index is 2.38. The smallest absolute Gasteiger partial charge is 0.242 e. The monoisotopic (exact) mass is 349 g/mol. The molecule has 6 nitrogen and oxygen atoms in total. The van der Waals surface area contributed by atoms with E-state index in [4.69, 9.17) is 23.2 Å². The second-order valence-electron chi connectivity index (χ2n) is 4.35. The number of aliphatic hydroxyl groups is 1. The van der Waals surface area contributed by atoms with Crippen molar-refractivity contribution in [3.05, 3.63) is 46.0 Å². The Morgan fingerprint density at radius 1 is 1.43 bits per heavy atom. The van der Waals surface area contributed by atoms with Crippen molar-refractivity contribution >= 4 is 33.2 Å². The molecular formula is C12H13Cl2N3O3S. The van der Waals surface area contributed by atoms with Crippen LogP contribution in [0.4, 0.5) is 0 Å². The van der Waals surface area contributed by atoms with E-state index in [9.17, 15) is 13.5 Å². The first-order chi connectivity index (χ1) is 9.85. The van der Waals surface area contributed by atoms with Crippen LogP contribution in [0, 0.1) is 0 Å². The molecule has 1 heterocycles. The molecule has 1 aromatic heterocycles. The molecule has 1 unspecified atom stereocenters. The van der Waals surface area contributed by atoms with Crippen molar-refractivity contribution in [3.8, 4) is 0 Å². The van der Waals surface area contributed by atoms with E-state index in [0.717, 1.165) is 0 Å². The number of aromatic nitrogens is 2. The molecule has 0 radical (unpaired) electrons. The number of H-pyrrole nitrogens is 1. The molecule has 2 rings (SSSR count). The van der Waals surface area contributed by atoms with Crippen LogP contribution in [0.25, 0.3) is 0 Å². The van der Waals surface area contributed by atoms with E-state index in [1.165, 1.54) is 18.3 Å². The van der Waals surface area contributed by atoms with Gasteiger partial charge in [-0.3, -0.25) is 0 Å². The maximum Gasteiger partial charge on any atom is 0.242 e. The summed E-state index contributed by atoms with van der Waals surface area (Å²) in [5.74, 6) is 0.471. The predicted molar refractivity (Wildman–Crippen MR) is 79.7 cm³/mol. The van der Waals surface area contributed by atoms with Gasteiger partial charge in [0, 0.05) is 17.4 Å². The first-order valence-corrected chi connectivity index (χ1v) is 8.19. The summed E-state index contributed by atoms with van der Waals surface area (Å²) in [5, 5.41) is 9.31. The molecule has 0 fully saturated rings. The number of nitrogens with one attached hydrogen (secondary N) is 2. The van der Waals surface area contributed by atoms with Gasteiger partial charge in [-0.2, -0.15) is 0 Å². The minimum Gasteiger partial charge on any atom is -0.392 e. The van der Waals surface area contributed by atoms with Crippen LogP contribution < -0.4 is 4.72 Å². The van der Waals surface area contributed by atoms with Gasteiger partial charge in [-0.15, -0.1) is 0 Å². The Morgan fingerprint density at radius 2 is 2.14 bits per heavy atom. The van der Waals surface area contributed by atoms with Crippen LogP contribution in [0.1, 0.15) is 24.4 Å². The van der Waals surface area contributed by atoms with Crippen molar-refractivity contribution in [2.45, 2.75) is 24.5 Å². The van der Waals surface area contributed by atoms with Gasteiger partial charge in [-0.1, -0.05) is 23.2 Å². The van der Waals surface area contributed by atoms with E-state index in [2.05, 4.69) is 14.7 Å². The van der Waals surface area contributed by atoms with Crippen molar-refractivity contribution in [3.63, 3.8) is 0 Å². The average Bonchev–Trinajstić information content (AvgIpc) is 2.94. The number of hydrogen-bond donors (Lipinski definition) is 3. The third-order valence-electron chi connectivity index (χ3n) is 2.80. The SMILES string of the molecule is CC(NS(=O)(=O)c1cc(Cl)cc(CO)c1Cl)c1ncc[nH]1. The quantitative estimate of drug-likeness (QED) is 0.771. The van der Waals surface area contributed by atoms with Crippen LogP contribution in [0.2, 0.25) is 10.0 Å². The highest BCUT2D eigenvalue weighted by Gasteiger charge is 2.24. The van der Waals surface area contributed by atoms with E-state index in [1.54, 1.807) is 13.1 Å². The van der Waals surface area contributed by atoms with Crippen molar-refractivity contribution in [1.82, 2.24) is 14.7 Å². The lowest BCUT2D eigenvalue weighted by Crippen LogP contribution is -2.28. The van der Waals surface area contributed by atoms with E-state index < -0.39 is 22.7 Å². The topological polar surface area (TPSA) is 95.1 Å². The summed E-state index contributed by atoms with van der Waals surface area (Å²) in [5.41, 5.74) is 0.246. The minimum atomic E-state index is -3.91. The summed E-state index contributed by atoms with van der Waals surface area (Å²) in [4.78, 5) is 6.63. The minimum absolute atomic E-state index is 0.0546. The first-order valence-electron chi connectivity index (χ1n) is 5.95. The largest absolute Gasteiger partial charge is 0.392 e. The number of nitrogens with zero attached hydrogens (tertiary/aromatic N) is 1. The zero-order valence-corrected chi connectivity index (χ0v) is 13.3. The first kappa shape index (κ1) is 16.3. The average molecular weight is 350 g/mol. The summed E-state index contributed by atoms with van der Waals surface area (Å²) in [7, 11) is -3.91. The molecule has 2 aromatic rings. The molecular weight excluding hydrogens is 337 g/mol. The summed E-state index contributed by atoms with van der Waals surface area (Å²) >= 11 is 11.9. The third kappa shape index (κ3) is 3.56. The number of hydrogen-bond acceptors (Lipinski definition) is 4. The van der Waals surface area contributed by atoms with E-state index >= 15 is 0 Å². The number of aliphatic hydroxyl groups excluding tert-OH is 1. The van der Waals surface area contributed by atoms with Crippen LogP contribution in [-0.2, 0) is 16.6 Å². The van der Waals surface area contributed by atoms with E-state index in [1.807, 2.05) is 0 Å². The highest BCUT2D eigenvalue weighted by molar-refractivity contribution is 7.89. The van der Waals surface area contributed by atoms with Crippen LogP contribution in [0.5, 0.6) is 0 Å². The lowest BCUT2D eigenvalue weighted by molar-refractivity contribution is 0.281.